The highest BCUT2D eigenvalue weighted by atomic mass is 16.6. The lowest BCUT2D eigenvalue weighted by atomic mass is 10.4. The third-order valence-corrected chi connectivity index (χ3v) is 11.5. The Hall–Kier alpha value is -5.96. The molecule has 0 saturated carbocycles. The highest BCUT2D eigenvalue weighted by Crippen LogP contribution is 1.83. The van der Waals surface area contributed by atoms with Crippen LogP contribution in [0.25, 0.3) is 0 Å². The lowest BCUT2D eigenvalue weighted by Crippen LogP contribution is -1.95. The predicted molar refractivity (Wildman–Crippen MR) is 593 cm³/mol. The molecule has 30 nitrogen and oxygen atoms in total. The van der Waals surface area contributed by atoms with E-state index in [-0.39, 0.29) is 70.9 Å². The molecule has 864 valence electrons. The third kappa shape index (κ3) is 1230. The average molecular weight is 2030 g/mol. The van der Waals surface area contributed by atoms with Crippen LogP contribution in [0.2, 0.25) is 0 Å². The largest absolute Gasteiger partial charge is 0.469 e. The summed E-state index contributed by atoms with van der Waals surface area (Å²) < 4.78 is 80.1. The number of carbonyl (C=O) groups is 12. The molecule has 0 fully saturated rings. The molecule has 0 aliphatic rings. The quantitative estimate of drug-likeness (QED) is 0.0518. The second kappa shape index (κ2) is 314. The van der Waals surface area contributed by atoms with Gasteiger partial charge in [0.2, 0.25) is 0 Å². The number of esters is 8. The molecule has 30 heteroatoms. The van der Waals surface area contributed by atoms with Crippen LogP contribution in [0.5, 0.6) is 0 Å². The molecule has 0 radical (unpaired) electrons. The highest BCUT2D eigenvalue weighted by molar-refractivity contribution is 5.76. The Balaban J connectivity index is -0.0000000313. The molecule has 138 heavy (non-hydrogen) atoms. The van der Waals surface area contributed by atoms with Crippen molar-refractivity contribution in [3.63, 3.8) is 0 Å². The van der Waals surface area contributed by atoms with E-state index in [2.05, 4.69) is 196 Å². The van der Waals surface area contributed by atoms with Gasteiger partial charge in [0.15, 0.2) is 0 Å². The number of ether oxygens (including phenoxy) is 18. The first-order chi connectivity index (χ1) is 64.7. The SMILES string of the molecule is CCC(C)=O.CCC(C)=O.CCC(C)=O.CCC(C)=O.CCCC.CCCC.CCCC.CCCC.CCCC.CCCC.CCCC.CCCC.CCOC.CCOC.CCOC.CCOC.CCOC.CCOC.CCOC.CCOC.CCOC.CCOC.CCOC(C)=O.CCOC(C)=O.CCOC(C)=O.CCOC(C)=O.CCOC(C)=O.CCOC(C)=O.COC(C)=O.COC(C)=O. The molecule has 0 spiro atoms. The van der Waals surface area contributed by atoms with Crippen molar-refractivity contribution in [1.29, 1.82) is 0 Å². The van der Waals surface area contributed by atoms with Crippen molar-refractivity contribution < 1.29 is 143 Å². The van der Waals surface area contributed by atoms with E-state index >= 15 is 0 Å². The van der Waals surface area contributed by atoms with Gasteiger partial charge in [-0.1, -0.05) is 241 Å². The van der Waals surface area contributed by atoms with Crippen molar-refractivity contribution in [2.45, 2.75) is 461 Å². The molecule has 0 aliphatic carbocycles. The van der Waals surface area contributed by atoms with Crippen LogP contribution in [-0.2, 0) is 143 Å². The maximum atomic E-state index is 9.82. The topological polar surface area (TPSA) is 371 Å². The zero-order valence-corrected chi connectivity index (χ0v) is 104. The van der Waals surface area contributed by atoms with E-state index in [1.165, 1.54) is 172 Å². The highest BCUT2D eigenvalue weighted by Gasteiger charge is 1.86. The molecule has 0 amide bonds. The monoisotopic (exact) mass is 2030 g/mol. The number of rotatable bonds is 28. The molecule has 0 unspecified atom stereocenters. The number of Topliss-reactive ketones (excluding diaryl/α,β-unsaturated/α-hetero) is 4. The molecular formula is C108H252O30. The van der Waals surface area contributed by atoms with Gasteiger partial charge in [-0.2, -0.15) is 0 Å². The Morgan fingerprint density at radius 1 is 0.123 bits per heavy atom. The van der Waals surface area contributed by atoms with E-state index < -0.39 is 0 Å². The number of carbonyl (C=O) groups excluding carboxylic acids is 12. The molecule has 0 aromatic carbocycles. The van der Waals surface area contributed by atoms with Crippen molar-refractivity contribution in [1.82, 2.24) is 0 Å². The fourth-order valence-corrected chi connectivity index (χ4v) is 1.22. The van der Waals surface area contributed by atoms with Crippen LogP contribution in [0.15, 0.2) is 0 Å². The van der Waals surface area contributed by atoms with Crippen LogP contribution in [0.1, 0.15) is 461 Å². The zero-order chi connectivity index (χ0) is 117. The molecule has 0 aromatic heterocycles. The normalized spacial score (nSPS) is 7.51. The summed E-state index contributed by atoms with van der Waals surface area (Å²) in [7, 11) is 19.5. The molecule has 0 aromatic rings. The van der Waals surface area contributed by atoms with Crippen LogP contribution in [0.4, 0.5) is 0 Å². The van der Waals surface area contributed by atoms with Crippen LogP contribution in [0, 0.1) is 0 Å². The number of unbranched alkanes of at least 4 members (excludes halogenated alkanes) is 8. The molecule has 0 bridgehead atoms. The molecule has 0 heterocycles. The second-order valence-corrected chi connectivity index (χ2v) is 24.9. The van der Waals surface area contributed by atoms with Gasteiger partial charge >= 0.3 is 47.8 Å². The first kappa shape index (κ1) is 218. The molecule has 0 atom stereocenters. The van der Waals surface area contributed by atoms with Crippen LogP contribution in [0.3, 0.4) is 0 Å². The van der Waals surface area contributed by atoms with Gasteiger partial charge in [0.05, 0.1) is 53.9 Å². The predicted octanol–water partition coefficient (Wildman–Crippen LogP) is 28.7. The smallest absolute Gasteiger partial charge is 0.302 e. The molecule has 0 aliphatic heterocycles. The maximum absolute atomic E-state index is 9.82. The lowest BCUT2D eigenvalue weighted by Gasteiger charge is -1.89. The summed E-state index contributed by atoms with van der Waals surface area (Å²) in [5.41, 5.74) is 0. The Morgan fingerprint density at radius 3 is 0.174 bits per heavy atom. The standard InChI is InChI=1S/6C4H8O2.4C4H8O.8C4H10.2C3H6O2.10C3H8O/c6*1-3-6-4(2)5;4*1-3-4(2)5;8*1-3-4-2;2*1-3(4)5-2;10*1-3-4-2/h6*3H2,1-2H3;4*3H2,1-2H3;8*3-4H2,1-2H3;2*1-2H3;10*3H2,1-2H3. The van der Waals surface area contributed by atoms with Gasteiger partial charge in [0, 0.05) is 218 Å². The Kier molecular flexibility index (Phi) is 495. The van der Waals surface area contributed by atoms with E-state index in [1.807, 2.05) is 96.9 Å². The minimum absolute atomic E-state index is 0.211. The number of hydrogen-bond acceptors (Lipinski definition) is 30. The van der Waals surface area contributed by atoms with E-state index in [9.17, 15) is 57.5 Å². The summed E-state index contributed by atoms with van der Waals surface area (Å²) in [4.78, 5) is 117. The fourth-order valence-electron chi connectivity index (χ4n) is 1.22. The fraction of sp³-hybridized carbons (Fsp3) is 0.889. The Morgan fingerprint density at radius 2 is 0.174 bits per heavy atom. The van der Waals surface area contributed by atoms with Crippen LogP contribution in [-0.4, -0.2) is 262 Å². The third-order valence-electron chi connectivity index (χ3n) is 11.5. The molecular weight excluding hydrogens is 1780 g/mol. The first-order valence-electron chi connectivity index (χ1n) is 50.5. The van der Waals surface area contributed by atoms with E-state index in [4.69, 9.17) is 0 Å². The van der Waals surface area contributed by atoms with Crippen molar-refractivity contribution in [3.05, 3.63) is 0 Å². The van der Waals surface area contributed by atoms with Crippen molar-refractivity contribution in [2.24, 2.45) is 0 Å². The number of ketones is 4. The van der Waals surface area contributed by atoms with E-state index in [0.29, 0.717) is 65.3 Å². The number of methoxy groups -OCH3 is 12. The summed E-state index contributed by atoms with van der Waals surface area (Å²) >= 11 is 0. The summed E-state index contributed by atoms with van der Waals surface area (Å²) in [6.07, 6.45) is 23.8. The van der Waals surface area contributed by atoms with Crippen molar-refractivity contribution >= 4 is 70.9 Å². The minimum Gasteiger partial charge on any atom is -0.469 e. The van der Waals surface area contributed by atoms with Crippen molar-refractivity contribution in [3.8, 4) is 0 Å². The van der Waals surface area contributed by atoms with Crippen molar-refractivity contribution in [2.75, 3.05) is 191 Å². The summed E-state index contributed by atoms with van der Waals surface area (Å²) in [5.74, 6) is -0.736. The van der Waals surface area contributed by atoms with Gasteiger partial charge < -0.3 is 104 Å². The summed E-state index contributed by atoms with van der Waals surface area (Å²) in [6.45, 7) is 101. The number of hydrogen-bond donors (Lipinski definition) is 0. The van der Waals surface area contributed by atoms with Gasteiger partial charge in [-0.15, -0.1) is 0 Å². The zero-order valence-electron chi connectivity index (χ0n) is 104. The van der Waals surface area contributed by atoms with E-state index in [0.717, 1.165) is 66.1 Å². The minimum atomic E-state index is -0.245. The van der Waals surface area contributed by atoms with Crippen LogP contribution < -0.4 is 0 Å². The second-order valence-electron chi connectivity index (χ2n) is 24.9. The summed E-state index contributed by atoms with van der Waals surface area (Å²) in [5, 5.41) is 0. The molecule has 0 saturated heterocycles. The summed E-state index contributed by atoms with van der Waals surface area (Å²) in [6, 6.07) is 0. The molecule has 0 N–H and O–H groups in total. The van der Waals surface area contributed by atoms with Gasteiger partial charge in [-0.05, 0) is 138 Å². The average Bonchev–Trinajstić information content (AvgIpc) is 1.20. The van der Waals surface area contributed by atoms with Gasteiger partial charge in [0.1, 0.15) is 23.1 Å². The first-order valence-corrected chi connectivity index (χ1v) is 50.5. The van der Waals surface area contributed by atoms with E-state index in [1.54, 1.807) is 140 Å². The van der Waals surface area contributed by atoms with Gasteiger partial charge in [-0.25, -0.2) is 0 Å². The van der Waals surface area contributed by atoms with Gasteiger partial charge in [-0.3, -0.25) is 38.4 Å². The lowest BCUT2D eigenvalue weighted by molar-refractivity contribution is -0.141. The van der Waals surface area contributed by atoms with Crippen LogP contribution >= 0.6 is 0 Å². The Bertz CT molecular complexity index is 1400. The molecule has 0 rings (SSSR count). The van der Waals surface area contributed by atoms with Gasteiger partial charge in [0.25, 0.3) is 0 Å². The Labute approximate surface area is 861 Å². The maximum Gasteiger partial charge on any atom is 0.302 e.